The van der Waals surface area contributed by atoms with E-state index in [-0.39, 0.29) is 11.2 Å². The van der Waals surface area contributed by atoms with Gasteiger partial charge in [0.15, 0.2) is 0 Å². The van der Waals surface area contributed by atoms with Crippen LogP contribution in [0.1, 0.15) is 48.9 Å². The van der Waals surface area contributed by atoms with E-state index in [0.717, 1.165) is 47.0 Å². The van der Waals surface area contributed by atoms with Crippen molar-refractivity contribution in [3.63, 3.8) is 0 Å². The number of thiophene rings is 1. The number of carbonyl (C=O) groups is 1. The topological polar surface area (TPSA) is 46.1 Å². The third kappa shape index (κ3) is 3.59. The minimum absolute atomic E-state index is 0.111. The molecule has 0 bridgehead atoms. The zero-order valence-corrected chi connectivity index (χ0v) is 16.5. The average Bonchev–Trinajstić information content (AvgIpc) is 2.73. The predicted molar refractivity (Wildman–Crippen MR) is 102 cm³/mol. The van der Waals surface area contributed by atoms with Crippen LogP contribution >= 0.6 is 23.1 Å². The van der Waals surface area contributed by atoms with Gasteiger partial charge < -0.3 is 4.90 Å². The van der Waals surface area contributed by atoms with Crippen molar-refractivity contribution in [2.45, 2.75) is 63.7 Å². The standard InChI is InChI=1S/C18H25N3OS2/c1-11-12(2)23-16-15(11)17(20-14(4)19-16)24-13(3)18(22)21-9-7-5-6-8-10-21/h13H,5-10H2,1-4H3. The summed E-state index contributed by atoms with van der Waals surface area (Å²) in [6.07, 6.45) is 4.74. The molecule has 1 aliphatic rings. The number of fused-ring (bicyclic) bond motifs is 1. The fourth-order valence-corrected chi connectivity index (χ4v) is 5.44. The second kappa shape index (κ2) is 7.40. The summed E-state index contributed by atoms with van der Waals surface area (Å²) in [5.74, 6) is 1.02. The first-order valence-corrected chi connectivity index (χ1v) is 10.4. The highest BCUT2D eigenvalue weighted by atomic mass is 32.2. The Morgan fingerprint density at radius 1 is 1.12 bits per heavy atom. The zero-order chi connectivity index (χ0) is 17.3. The molecule has 0 spiro atoms. The average molecular weight is 364 g/mol. The van der Waals surface area contributed by atoms with Gasteiger partial charge in [-0.05, 0) is 46.1 Å². The highest BCUT2D eigenvalue weighted by Gasteiger charge is 2.24. The van der Waals surface area contributed by atoms with Crippen LogP contribution in [0.25, 0.3) is 10.2 Å². The summed E-state index contributed by atoms with van der Waals surface area (Å²) in [5, 5.41) is 1.97. The monoisotopic (exact) mass is 363 g/mol. The van der Waals surface area contributed by atoms with E-state index in [1.54, 1.807) is 23.1 Å². The summed E-state index contributed by atoms with van der Waals surface area (Å²) in [7, 11) is 0. The summed E-state index contributed by atoms with van der Waals surface area (Å²) < 4.78 is 0. The molecule has 1 fully saturated rings. The van der Waals surface area contributed by atoms with Gasteiger partial charge in [0.25, 0.3) is 0 Å². The Hall–Kier alpha value is -1.14. The van der Waals surface area contributed by atoms with E-state index < -0.39 is 0 Å². The number of hydrogen-bond donors (Lipinski definition) is 0. The number of hydrogen-bond acceptors (Lipinski definition) is 5. The molecule has 1 amide bonds. The molecule has 1 unspecified atom stereocenters. The summed E-state index contributed by atoms with van der Waals surface area (Å²) >= 11 is 3.30. The van der Waals surface area contributed by atoms with Gasteiger partial charge in [0.05, 0.1) is 5.25 Å². The van der Waals surface area contributed by atoms with Gasteiger partial charge in [0.2, 0.25) is 5.91 Å². The first kappa shape index (κ1) is 17.7. The van der Waals surface area contributed by atoms with Crippen LogP contribution in [0.2, 0.25) is 0 Å². The maximum Gasteiger partial charge on any atom is 0.235 e. The van der Waals surface area contributed by atoms with E-state index in [1.165, 1.54) is 23.3 Å². The summed E-state index contributed by atoms with van der Waals surface area (Å²) in [4.78, 5) is 26.4. The lowest BCUT2D eigenvalue weighted by Gasteiger charge is -2.23. The number of thioether (sulfide) groups is 1. The Morgan fingerprint density at radius 2 is 1.79 bits per heavy atom. The quantitative estimate of drug-likeness (QED) is 0.595. The second-order valence-corrected chi connectivity index (χ2v) is 9.07. The highest BCUT2D eigenvalue weighted by Crippen LogP contribution is 2.36. The summed E-state index contributed by atoms with van der Waals surface area (Å²) in [6, 6.07) is 0. The smallest absolute Gasteiger partial charge is 0.235 e. The van der Waals surface area contributed by atoms with Crippen LogP contribution in [0, 0.1) is 20.8 Å². The molecule has 0 saturated carbocycles. The lowest BCUT2D eigenvalue weighted by atomic mass is 10.2. The molecule has 2 aromatic rings. The van der Waals surface area contributed by atoms with Crippen LogP contribution in [0.4, 0.5) is 0 Å². The predicted octanol–water partition coefficient (Wildman–Crippen LogP) is 4.50. The van der Waals surface area contributed by atoms with E-state index in [2.05, 4.69) is 23.8 Å². The van der Waals surface area contributed by atoms with Crippen LogP contribution in [0.3, 0.4) is 0 Å². The minimum Gasteiger partial charge on any atom is -0.342 e. The third-order valence-electron chi connectivity index (χ3n) is 4.66. The fraction of sp³-hybridized carbons (Fsp3) is 0.611. The summed E-state index contributed by atoms with van der Waals surface area (Å²) in [6.45, 7) is 9.98. The molecule has 3 heterocycles. The Bertz CT molecular complexity index is 748. The molecule has 1 saturated heterocycles. The molecule has 0 radical (unpaired) electrons. The number of aryl methyl sites for hydroxylation is 3. The van der Waals surface area contributed by atoms with Crippen LogP contribution in [-0.4, -0.2) is 39.1 Å². The molecule has 1 aliphatic heterocycles. The summed E-state index contributed by atoms with van der Waals surface area (Å²) in [5.41, 5.74) is 1.24. The Kier molecular flexibility index (Phi) is 5.45. The second-order valence-electron chi connectivity index (χ2n) is 6.54. The Labute approximate surface area is 152 Å². The van der Waals surface area contributed by atoms with Crippen LogP contribution in [-0.2, 0) is 4.79 Å². The number of rotatable bonds is 3. The van der Waals surface area contributed by atoms with Gasteiger partial charge in [-0.1, -0.05) is 24.6 Å². The van der Waals surface area contributed by atoms with Crippen LogP contribution in [0.15, 0.2) is 5.03 Å². The normalized spacial score (nSPS) is 17.1. The van der Waals surface area contributed by atoms with Gasteiger partial charge in [-0.3, -0.25) is 4.79 Å². The van der Waals surface area contributed by atoms with Gasteiger partial charge in [-0.2, -0.15) is 0 Å². The third-order valence-corrected chi connectivity index (χ3v) is 6.84. The van der Waals surface area contributed by atoms with Crippen molar-refractivity contribution in [1.82, 2.24) is 14.9 Å². The molecule has 0 aliphatic carbocycles. The first-order valence-electron chi connectivity index (χ1n) is 8.67. The van der Waals surface area contributed by atoms with Gasteiger partial charge in [0, 0.05) is 23.4 Å². The molecule has 0 N–H and O–H groups in total. The van der Waals surface area contributed by atoms with E-state index in [0.29, 0.717) is 0 Å². The van der Waals surface area contributed by atoms with Gasteiger partial charge in [-0.25, -0.2) is 9.97 Å². The Balaban J connectivity index is 1.84. The van der Waals surface area contributed by atoms with Crippen molar-refractivity contribution in [1.29, 1.82) is 0 Å². The molecule has 130 valence electrons. The van der Waals surface area contributed by atoms with Crippen molar-refractivity contribution in [3.05, 3.63) is 16.3 Å². The van der Waals surface area contributed by atoms with Crippen molar-refractivity contribution in [2.75, 3.05) is 13.1 Å². The van der Waals surface area contributed by atoms with E-state index in [1.807, 2.05) is 18.7 Å². The van der Waals surface area contributed by atoms with Gasteiger partial charge in [-0.15, -0.1) is 11.3 Å². The molecule has 3 rings (SSSR count). The largest absolute Gasteiger partial charge is 0.342 e. The first-order chi connectivity index (χ1) is 11.5. The number of carbonyl (C=O) groups excluding carboxylic acids is 1. The number of nitrogens with zero attached hydrogens (tertiary/aromatic N) is 3. The van der Waals surface area contributed by atoms with Crippen LogP contribution in [0.5, 0.6) is 0 Å². The van der Waals surface area contributed by atoms with Gasteiger partial charge >= 0.3 is 0 Å². The molecule has 24 heavy (non-hydrogen) atoms. The number of likely N-dealkylation sites (tertiary alicyclic amines) is 1. The highest BCUT2D eigenvalue weighted by molar-refractivity contribution is 8.00. The van der Waals surface area contributed by atoms with Gasteiger partial charge in [0.1, 0.15) is 15.7 Å². The van der Waals surface area contributed by atoms with Crippen LogP contribution < -0.4 is 0 Å². The van der Waals surface area contributed by atoms with E-state index in [9.17, 15) is 4.79 Å². The molecule has 0 aromatic carbocycles. The molecule has 4 nitrogen and oxygen atoms in total. The fourth-order valence-electron chi connectivity index (χ4n) is 3.17. The SMILES string of the molecule is Cc1nc(SC(C)C(=O)N2CCCCCC2)c2c(C)c(C)sc2n1. The lowest BCUT2D eigenvalue weighted by Crippen LogP contribution is -2.37. The van der Waals surface area contributed by atoms with Crippen molar-refractivity contribution in [2.24, 2.45) is 0 Å². The molecular weight excluding hydrogens is 338 g/mol. The lowest BCUT2D eigenvalue weighted by molar-refractivity contribution is -0.130. The molecule has 6 heteroatoms. The van der Waals surface area contributed by atoms with E-state index in [4.69, 9.17) is 0 Å². The van der Waals surface area contributed by atoms with E-state index >= 15 is 0 Å². The van der Waals surface area contributed by atoms with Crippen molar-refractivity contribution >= 4 is 39.2 Å². The maximum atomic E-state index is 12.8. The molecule has 2 aromatic heterocycles. The minimum atomic E-state index is -0.111. The number of amides is 1. The maximum absolute atomic E-state index is 12.8. The Morgan fingerprint density at radius 3 is 2.46 bits per heavy atom. The molecular formula is C18H25N3OS2. The van der Waals surface area contributed by atoms with Crippen molar-refractivity contribution < 1.29 is 4.79 Å². The molecule has 1 atom stereocenters. The number of aromatic nitrogens is 2. The zero-order valence-electron chi connectivity index (χ0n) is 14.9. The van der Waals surface area contributed by atoms with Crippen molar-refractivity contribution in [3.8, 4) is 0 Å².